The number of nitro benzene ring substituents is 1. The van der Waals surface area contributed by atoms with Crippen molar-refractivity contribution in [1.82, 2.24) is 9.99 Å². The number of phenolic OH excluding ortho intramolecular Hbond substituents is 1. The lowest BCUT2D eigenvalue weighted by molar-refractivity contribution is -0.384. The first-order chi connectivity index (χ1) is 27.6. The van der Waals surface area contributed by atoms with E-state index < -0.39 is 86.1 Å². The molecule has 2 N–H and O–H groups in total. The van der Waals surface area contributed by atoms with E-state index in [2.05, 4.69) is 17.0 Å². The van der Waals surface area contributed by atoms with Gasteiger partial charge in [0.15, 0.2) is 5.82 Å². The highest BCUT2D eigenvalue weighted by atomic mass is 35.5. The highest BCUT2D eigenvalue weighted by Crippen LogP contribution is 2.65. The van der Waals surface area contributed by atoms with Crippen molar-refractivity contribution in [1.29, 1.82) is 0 Å². The van der Waals surface area contributed by atoms with Gasteiger partial charge in [-0.1, -0.05) is 71.3 Å². The number of benzene rings is 3. The highest BCUT2D eigenvalue weighted by molar-refractivity contribution is 6.33. The molecule has 12 nitrogen and oxygen atoms in total. The number of hydrazine groups is 1. The van der Waals surface area contributed by atoms with Crippen LogP contribution in [0.3, 0.4) is 0 Å². The van der Waals surface area contributed by atoms with Gasteiger partial charge >= 0.3 is 6.18 Å². The predicted molar refractivity (Wildman–Crippen MR) is 204 cm³/mol. The average molecular weight is 833 g/mol. The van der Waals surface area contributed by atoms with Crippen LogP contribution >= 0.6 is 23.2 Å². The van der Waals surface area contributed by atoms with Gasteiger partial charge in [-0.3, -0.25) is 39.6 Å². The summed E-state index contributed by atoms with van der Waals surface area (Å²) >= 11 is 12.6. The van der Waals surface area contributed by atoms with E-state index in [9.17, 15) is 42.8 Å². The van der Waals surface area contributed by atoms with E-state index in [1.165, 1.54) is 36.4 Å². The maximum Gasteiger partial charge on any atom is 0.417 e. The molecule has 0 bridgehead atoms. The summed E-state index contributed by atoms with van der Waals surface area (Å²) < 4.78 is 40.5. The number of imide groups is 2. The van der Waals surface area contributed by atoms with Crippen LogP contribution in [0.25, 0.3) is 0 Å². The molecule has 58 heavy (non-hydrogen) atoms. The monoisotopic (exact) mass is 831 g/mol. The maximum absolute atomic E-state index is 15.4. The average Bonchev–Trinajstić information content (AvgIpc) is 3.57. The molecule has 8 rings (SSSR count). The van der Waals surface area contributed by atoms with Crippen molar-refractivity contribution in [3.63, 3.8) is 0 Å². The second-order valence-corrected chi connectivity index (χ2v) is 15.4. The number of phenols is 1. The molecule has 17 heteroatoms. The number of anilines is 2. The molecule has 4 amide bonds. The maximum atomic E-state index is 15.4. The third kappa shape index (κ3) is 5.85. The first-order valence-corrected chi connectivity index (χ1v) is 18.7. The number of carbonyl (C=O) groups is 4. The number of fused-ring (bicyclic) bond motifs is 4. The fourth-order valence-electron chi connectivity index (χ4n) is 9.27. The van der Waals surface area contributed by atoms with Crippen LogP contribution in [0.4, 0.5) is 30.4 Å². The van der Waals surface area contributed by atoms with Crippen molar-refractivity contribution in [2.75, 3.05) is 10.3 Å². The predicted octanol–water partition coefficient (Wildman–Crippen LogP) is 7.94. The Morgan fingerprint density at radius 1 is 1.00 bits per heavy atom. The van der Waals surface area contributed by atoms with E-state index >= 15 is 4.79 Å². The number of pyridine rings is 1. The molecule has 2 saturated heterocycles. The molecule has 0 radical (unpaired) electrons. The summed E-state index contributed by atoms with van der Waals surface area (Å²) in [5.74, 6) is -8.65. The summed E-state index contributed by atoms with van der Waals surface area (Å²) in [6.07, 6.45) is -0.799. The summed E-state index contributed by atoms with van der Waals surface area (Å²) in [5.41, 5.74) is 0.958. The van der Waals surface area contributed by atoms with Gasteiger partial charge in [0, 0.05) is 34.8 Å². The number of hydrogen-bond acceptors (Lipinski definition) is 9. The number of nitrogens with one attached hydrogen (secondary N) is 1. The number of nitrogens with zero attached hydrogens (tertiary/aromatic N) is 4. The van der Waals surface area contributed by atoms with E-state index in [0.29, 0.717) is 39.0 Å². The van der Waals surface area contributed by atoms with Crippen molar-refractivity contribution in [2.24, 2.45) is 23.7 Å². The number of aromatic nitrogens is 1. The van der Waals surface area contributed by atoms with Crippen LogP contribution in [0.2, 0.25) is 10.0 Å². The second kappa shape index (κ2) is 14.1. The molecule has 2 aliphatic carbocycles. The van der Waals surface area contributed by atoms with Gasteiger partial charge in [0.2, 0.25) is 11.8 Å². The van der Waals surface area contributed by atoms with Crippen LogP contribution in [0.5, 0.6) is 5.75 Å². The Bertz CT molecular complexity index is 2480. The standard InChI is InChI=1S/C41H30Cl2F3N5O7/c1-2-4-20-5-3-6-28(34(20)52)33-26-15-16-27-32(38(55)49(36(27)53)24-11-13-25(14-12-24)51(57)58)29(26)18-30-37(54)50(39(56)40(30,33)21-7-9-23(42)10-8-21)48-35-31(43)17-22(19-47-35)41(44,45)46/h2-3,5-15,17,19,27,29-30,32-33,52H,1,4,16,18H2,(H,47,48)/t27-,29+,30-,32-,33+,40+/m0/s1. The Morgan fingerprint density at radius 3 is 2.34 bits per heavy atom. The van der Waals surface area contributed by atoms with Gasteiger partial charge in [-0.25, -0.2) is 4.98 Å². The van der Waals surface area contributed by atoms with Crippen LogP contribution in [0, 0.1) is 33.8 Å². The smallest absolute Gasteiger partial charge is 0.417 e. The van der Waals surface area contributed by atoms with E-state index in [-0.39, 0.29) is 42.0 Å². The summed E-state index contributed by atoms with van der Waals surface area (Å²) in [6, 6.07) is 16.8. The lowest BCUT2D eigenvalue weighted by Crippen LogP contribution is -2.53. The Hall–Kier alpha value is -6.06. The van der Waals surface area contributed by atoms with E-state index in [0.717, 1.165) is 4.90 Å². The molecule has 6 atom stereocenters. The summed E-state index contributed by atoms with van der Waals surface area (Å²) in [4.78, 5) is 74.4. The number of hydrogen-bond donors (Lipinski definition) is 2. The van der Waals surface area contributed by atoms with Crippen molar-refractivity contribution in [3.8, 4) is 5.75 Å². The molecule has 296 valence electrons. The minimum absolute atomic E-state index is 0.0463. The molecule has 4 aliphatic rings. The van der Waals surface area contributed by atoms with Gasteiger partial charge < -0.3 is 5.11 Å². The first kappa shape index (κ1) is 38.8. The highest BCUT2D eigenvalue weighted by Gasteiger charge is 2.71. The zero-order chi connectivity index (χ0) is 41.4. The van der Waals surface area contributed by atoms with Crippen molar-refractivity contribution in [3.05, 3.63) is 146 Å². The Kier molecular flexibility index (Phi) is 9.43. The number of rotatable bonds is 8. The molecular formula is C41H30Cl2F3N5O7. The number of halogens is 5. The molecule has 1 saturated carbocycles. The molecule has 4 aromatic rings. The molecule has 2 aliphatic heterocycles. The van der Waals surface area contributed by atoms with Crippen LogP contribution in [-0.2, 0) is 37.2 Å². The Balaban J connectivity index is 1.31. The largest absolute Gasteiger partial charge is 0.507 e. The number of non-ortho nitro benzene ring substituents is 1. The van der Waals surface area contributed by atoms with Crippen LogP contribution in [-0.4, -0.2) is 43.7 Å². The first-order valence-electron chi connectivity index (χ1n) is 18.0. The van der Waals surface area contributed by atoms with E-state index in [1.54, 1.807) is 42.5 Å². The van der Waals surface area contributed by atoms with E-state index in [4.69, 9.17) is 23.2 Å². The number of carbonyl (C=O) groups excluding carboxylic acids is 4. The zero-order valence-corrected chi connectivity index (χ0v) is 31.5. The van der Waals surface area contributed by atoms with Crippen LogP contribution < -0.4 is 10.3 Å². The molecule has 0 unspecified atom stereocenters. The minimum atomic E-state index is -4.79. The summed E-state index contributed by atoms with van der Waals surface area (Å²) in [5, 5.41) is 23.8. The second-order valence-electron chi connectivity index (χ2n) is 14.6. The number of amides is 4. The fraction of sp³-hybridized carbons (Fsp3) is 0.244. The minimum Gasteiger partial charge on any atom is -0.507 e. The number of alkyl halides is 3. The quantitative estimate of drug-likeness (QED) is 0.0777. The SMILES string of the molecule is C=CCc1cccc([C@H]2C3=CC[C@@H]4C(=O)N(c5ccc([N+](=O)[O-])cc5)C(=O)[C@@H]4[C@@H]3C[C@H]3C(=O)N(Nc4ncc(C(F)(F)F)cc4Cl)C(=O)[C@@]23c2ccc(Cl)cc2)c1O. The molecule has 3 aromatic carbocycles. The van der Waals surface area contributed by atoms with Gasteiger partial charge in [0.05, 0.1) is 44.4 Å². The van der Waals surface area contributed by atoms with E-state index in [1.807, 2.05) is 0 Å². The topological polar surface area (TPSA) is 163 Å². The fourth-order valence-corrected chi connectivity index (χ4v) is 9.60. The van der Waals surface area contributed by atoms with Gasteiger partial charge in [-0.05, 0) is 66.6 Å². The summed E-state index contributed by atoms with van der Waals surface area (Å²) in [7, 11) is 0. The third-order valence-corrected chi connectivity index (χ3v) is 12.2. The molecule has 0 spiro atoms. The van der Waals surface area contributed by atoms with Crippen molar-refractivity contribution < 1.29 is 42.4 Å². The van der Waals surface area contributed by atoms with Gasteiger partial charge in [0.1, 0.15) is 5.75 Å². The number of allylic oxidation sites excluding steroid dienone is 3. The molecule has 1 aromatic heterocycles. The van der Waals surface area contributed by atoms with Gasteiger partial charge in [-0.15, -0.1) is 6.58 Å². The zero-order valence-electron chi connectivity index (χ0n) is 30.0. The molecule has 3 heterocycles. The Labute approximate surface area is 337 Å². The number of para-hydroxylation sites is 1. The summed E-state index contributed by atoms with van der Waals surface area (Å²) in [6.45, 7) is 3.79. The lowest BCUT2D eigenvalue weighted by atomic mass is 9.49. The number of aromatic hydroxyl groups is 1. The van der Waals surface area contributed by atoms with Gasteiger partial charge in [-0.2, -0.15) is 18.2 Å². The van der Waals surface area contributed by atoms with Crippen LogP contribution in [0.15, 0.2) is 103 Å². The van der Waals surface area contributed by atoms with Gasteiger partial charge in [0.25, 0.3) is 17.5 Å². The molecule has 3 fully saturated rings. The third-order valence-electron chi connectivity index (χ3n) is 11.7. The van der Waals surface area contributed by atoms with Crippen molar-refractivity contribution >= 4 is 64.0 Å². The number of nitro groups is 1. The normalized spacial score (nSPS) is 25.3. The lowest BCUT2D eigenvalue weighted by Gasteiger charge is -2.50. The van der Waals surface area contributed by atoms with Crippen LogP contribution in [0.1, 0.15) is 41.0 Å². The van der Waals surface area contributed by atoms with Crippen molar-refractivity contribution in [2.45, 2.75) is 36.8 Å². The molecular weight excluding hydrogens is 802 g/mol. The Morgan fingerprint density at radius 2 is 1.71 bits per heavy atom.